The van der Waals surface area contributed by atoms with Crippen LogP contribution in [-0.2, 0) is 0 Å². The summed E-state index contributed by atoms with van der Waals surface area (Å²) in [5.41, 5.74) is 8.60. The first-order valence-corrected chi connectivity index (χ1v) is 7.83. The number of hydrogen-bond donors (Lipinski definition) is 1. The first kappa shape index (κ1) is 11.9. The van der Waals surface area contributed by atoms with Crippen molar-refractivity contribution in [2.75, 3.05) is 5.73 Å². The molecule has 2 N–H and O–H groups in total. The molecule has 0 saturated carbocycles. The molecule has 90 valence electrons. The molecule has 3 rings (SSSR count). The normalized spacial score (nSPS) is 10.7. The number of benzene rings is 1. The van der Waals surface area contributed by atoms with Crippen LogP contribution in [0, 0.1) is 0 Å². The Bertz CT molecular complexity index is 688. The minimum Gasteiger partial charge on any atom is -0.399 e. The van der Waals surface area contributed by atoms with Gasteiger partial charge >= 0.3 is 0 Å². The summed E-state index contributed by atoms with van der Waals surface area (Å²) in [6.07, 6.45) is 0. The zero-order chi connectivity index (χ0) is 12.5. The highest BCUT2D eigenvalue weighted by atomic mass is 79.9. The van der Waals surface area contributed by atoms with Crippen LogP contribution in [0.3, 0.4) is 0 Å². The molecular formula is C13H9BrN2S2. The van der Waals surface area contributed by atoms with Gasteiger partial charge in [0.2, 0.25) is 0 Å². The summed E-state index contributed by atoms with van der Waals surface area (Å²) < 4.78 is 1.10. The molecule has 2 heterocycles. The lowest BCUT2D eigenvalue weighted by Crippen LogP contribution is -1.85. The Morgan fingerprint density at radius 3 is 2.72 bits per heavy atom. The summed E-state index contributed by atoms with van der Waals surface area (Å²) in [6, 6.07) is 9.90. The highest BCUT2D eigenvalue weighted by Crippen LogP contribution is 2.34. The second-order valence-corrected chi connectivity index (χ2v) is 6.48. The monoisotopic (exact) mass is 336 g/mol. The van der Waals surface area contributed by atoms with Crippen molar-refractivity contribution in [3.63, 3.8) is 0 Å². The Balaban J connectivity index is 1.99. The molecule has 0 aliphatic heterocycles. The molecule has 0 aliphatic carbocycles. The standard InChI is InChI=1S/C13H9BrN2S2/c14-9-5-12(17-6-9)13-16-11(7-18-13)8-2-1-3-10(15)4-8/h1-7H,15H2. The third-order valence-corrected chi connectivity index (χ3v) is 5.17. The van der Waals surface area contributed by atoms with Crippen LogP contribution in [0.25, 0.3) is 21.1 Å². The molecule has 0 spiro atoms. The predicted octanol–water partition coefficient (Wildman–Crippen LogP) is 4.88. The van der Waals surface area contributed by atoms with Gasteiger partial charge in [0.1, 0.15) is 5.01 Å². The van der Waals surface area contributed by atoms with Gasteiger partial charge in [0, 0.05) is 26.5 Å². The lowest BCUT2D eigenvalue weighted by molar-refractivity contribution is 1.41. The molecule has 1 aromatic carbocycles. The van der Waals surface area contributed by atoms with E-state index in [2.05, 4.69) is 37.7 Å². The number of aromatic nitrogens is 1. The first-order valence-electron chi connectivity index (χ1n) is 5.28. The summed E-state index contributed by atoms with van der Waals surface area (Å²) in [5, 5.41) is 5.18. The van der Waals surface area contributed by atoms with Crippen LogP contribution in [0.2, 0.25) is 0 Å². The third-order valence-electron chi connectivity index (χ3n) is 2.46. The molecular weight excluding hydrogens is 328 g/mol. The fourth-order valence-corrected chi connectivity index (χ4v) is 3.98. The topological polar surface area (TPSA) is 38.9 Å². The summed E-state index contributed by atoms with van der Waals surface area (Å²) >= 11 is 6.81. The van der Waals surface area contributed by atoms with Gasteiger partial charge in [-0.05, 0) is 34.1 Å². The van der Waals surface area contributed by atoms with Gasteiger partial charge in [-0.2, -0.15) is 0 Å². The first-order chi connectivity index (χ1) is 8.72. The van der Waals surface area contributed by atoms with Crippen LogP contribution in [0.15, 0.2) is 45.6 Å². The fourth-order valence-electron chi connectivity index (χ4n) is 1.64. The average molecular weight is 337 g/mol. The van der Waals surface area contributed by atoms with Crippen LogP contribution in [0.4, 0.5) is 5.69 Å². The van der Waals surface area contributed by atoms with Gasteiger partial charge in [-0.25, -0.2) is 4.98 Å². The zero-order valence-electron chi connectivity index (χ0n) is 9.26. The summed E-state index contributed by atoms with van der Waals surface area (Å²) in [7, 11) is 0. The maximum atomic E-state index is 5.79. The van der Waals surface area contributed by atoms with E-state index in [1.807, 2.05) is 24.3 Å². The molecule has 0 unspecified atom stereocenters. The van der Waals surface area contributed by atoms with Crippen LogP contribution in [0.5, 0.6) is 0 Å². The molecule has 3 aromatic rings. The number of nitrogens with zero attached hydrogens (tertiary/aromatic N) is 1. The van der Waals surface area contributed by atoms with Crippen LogP contribution < -0.4 is 5.73 Å². The Labute approximate surface area is 121 Å². The minimum absolute atomic E-state index is 0.765. The molecule has 2 nitrogen and oxygen atoms in total. The van der Waals surface area contributed by atoms with E-state index in [0.29, 0.717) is 0 Å². The quantitative estimate of drug-likeness (QED) is 0.677. The number of hydrogen-bond acceptors (Lipinski definition) is 4. The van der Waals surface area contributed by atoms with Gasteiger partial charge in [-0.15, -0.1) is 22.7 Å². The maximum absolute atomic E-state index is 5.79. The molecule has 0 aliphatic rings. The Hall–Kier alpha value is -1.17. The van der Waals surface area contributed by atoms with Crippen molar-refractivity contribution in [1.82, 2.24) is 4.98 Å². The van der Waals surface area contributed by atoms with Crippen LogP contribution in [-0.4, -0.2) is 4.98 Å². The van der Waals surface area contributed by atoms with E-state index in [1.165, 1.54) is 4.88 Å². The highest BCUT2D eigenvalue weighted by molar-refractivity contribution is 9.10. The van der Waals surface area contributed by atoms with E-state index in [4.69, 9.17) is 5.73 Å². The molecule has 0 fully saturated rings. The molecule has 0 amide bonds. The smallest absolute Gasteiger partial charge is 0.134 e. The SMILES string of the molecule is Nc1cccc(-c2csc(-c3cc(Br)cs3)n2)c1. The average Bonchev–Trinajstić information content (AvgIpc) is 2.97. The van der Waals surface area contributed by atoms with E-state index >= 15 is 0 Å². The number of thiazole rings is 1. The van der Waals surface area contributed by atoms with Crippen molar-refractivity contribution in [2.24, 2.45) is 0 Å². The van der Waals surface area contributed by atoms with E-state index in [9.17, 15) is 0 Å². The predicted molar refractivity (Wildman–Crippen MR) is 83.0 cm³/mol. The fraction of sp³-hybridized carbons (Fsp3) is 0. The largest absolute Gasteiger partial charge is 0.399 e. The van der Waals surface area contributed by atoms with Crippen molar-refractivity contribution in [3.05, 3.63) is 45.6 Å². The summed E-state index contributed by atoms with van der Waals surface area (Å²) in [6.45, 7) is 0. The van der Waals surface area contributed by atoms with Gasteiger partial charge in [-0.3, -0.25) is 0 Å². The zero-order valence-corrected chi connectivity index (χ0v) is 12.5. The molecule has 5 heteroatoms. The maximum Gasteiger partial charge on any atom is 0.134 e. The number of nitrogen functional groups attached to an aromatic ring is 1. The second-order valence-electron chi connectivity index (χ2n) is 3.79. The van der Waals surface area contributed by atoms with Crippen LogP contribution in [0.1, 0.15) is 0 Å². The number of rotatable bonds is 2. The second kappa shape index (κ2) is 4.84. The van der Waals surface area contributed by atoms with Crippen molar-refractivity contribution < 1.29 is 0 Å². The van der Waals surface area contributed by atoms with Gasteiger partial charge in [-0.1, -0.05) is 12.1 Å². The number of thiophene rings is 1. The molecule has 0 saturated heterocycles. The highest BCUT2D eigenvalue weighted by Gasteiger charge is 2.08. The lowest BCUT2D eigenvalue weighted by atomic mass is 10.1. The van der Waals surface area contributed by atoms with Crippen molar-refractivity contribution in [2.45, 2.75) is 0 Å². The van der Waals surface area contributed by atoms with E-state index in [1.54, 1.807) is 22.7 Å². The van der Waals surface area contributed by atoms with Crippen molar-refractivity contribution in [3.8, 4) is 21.1 Å². The third kappa shape index (κ3) is 2.34. The van der Waals surface area contributed by atoms with Gasteiger partial charge in [0.05, 0.1) is 10.6 Å². The molecule has 0 bridgehead atoms. The minimum atomic E-state index is 0.765. The van der Waals surface area contributed by atoms with Crippen molar-refractivity contribution >= 4 is 44.3 Å². The van der Waals surface area contributed by atoms with Gasteiger partial charge in [0.25, 0.3) is 0 Å². The molecule has 2 aromatic heterocycles. The Morgan fingerprint density at radius 1 is 1.11 bits per heavy atom. The Kier molecular flexibility index (Phi) is 3.20. The van der Waals surface area contributed by atoms with E-state index in [0.717, 1.165) is 26.4 Å². The van der Waals surface area contributed by atoms with Crippen molar-refractivity contribution in [1.29, 1.82) is 0 Å². The van der Waals surface area contributed by atoms with Gasteiger partial charge < -0.3 is 5.73 Å². The molecule has 0 atom stereocenters. The number of nitrogens with two attached hydrogens (primary N) is 1. The van der Waals surface area contributed by atoms with E-state index < -0.39 is 0 Å². The lowest BCUT2D eigenvalue weighted by Gasteiger charge is -1.97. The summed E-state index contributed by atoms with van der Waals surface area (Å²) in [4.78, 5) is 5.84. The molecule has 0 radical (unpaired) electrons. The number of anilines is 1. The number of halogens is 1. The Morgan fingerprint density at radius 2 is 2.00 bits per heavy atom. The van der Waals surface area contributed by atoms with E-state index in [-0.39, 0.29) is 0 Å². The summed E-state index contributed by atoms with van der Waals surface area (Å²) in [5.74, 6) is 0. The van der Waals surface area contributed by atoms with Gasteiger partial charge in [0.15, 0.2) is 0 Å². The van der Waals surface area contributed by atoms with Crippen LogP contribution >= 0.6 is 38.6 Å². The molecule has 18 heavy (non-hydrogen) atoms.